The fourth-order valence-electron chi connectivity index (χ4n) is 5.25. The largest absolute Gasteiger partial charge is 0.507 e. The van der Waals surface area contributed by atoms with Gasteiger partial charge in [0.15, 0.2) is 0 Å². The van der Waals surface area contributed by atoms with Crippen LogP contribution in [0.5, 0.6) is 11.5 Å². The van der Waals surface area contributed by atoms with Crippen LogP contribution in [0.25, 0.3) is 0 Å². The van der Waals surface area contributed by atoms with E-state index >= 15 is 0 Å². The second-order valence-electron chi connectivity index (χ2n) is 12.0. The quantitative estimate of drug-likeness (QED) is 0.0714. The molecular formula is C36H54N4O6. The molecule has 0 spiro atoms. The smallest absolute Gasteiger partial charge is 0.273 e. The number of phenols is 2. The number of hydrogen-bond acceptors (Lipinski definition) is 6. The molecule has 0 radical (unpaired) electrons. The van der Waals surface area contributed by atoms with Crippen LogP contribution in [0.4, 0.5) is 0 Å². The molecule has 4 amide bonds. The van der Waals surface area contributed by atoms with Gasteiger partial charge in [-0.1, -0.05) is 84.3 Å². The summed E-state index contributed by atoms with van der Waals surface area (Å²) in [7, 11) is 0. The van der Waals surface area contributed by atoms with E-state index in [4.69, 9.17) is 0 Å². The normalized spacial score (nSPS) is 11.5. The van der Waals surface area contributed by atoms with Crippen LogP contribution in [-0.2, 0) is 22.4 Å². The summed E-state index contributed by atoms with van der Waals surface area (Å²) in [5, 5.41) is 20.3. The molecule has 0 aliphatic heterocycles. The molecule has 46 heavy (non-hydrogen) atoms. The zero-order chi connectivity index (χ0) is 33.7. The van der Waals surface area contributed by atoms with Crippen molar-refractivity contribution in [2.24, 2.45) is 5.92 Å². The minimum absolute atomic E-state index is 0.120. The number of rotatable bonds is 20. The maximum absolute atomic E-state index is 12.9. The van der Waals surface area contributed by atoms with Gasteiger partial charge in [-0.3, -0.25) is 40.9 Å². The van der Waals surface area contributed by atoms with E-state index in [2.05, 4.69) is 42.5 Å². The Kier molecular flexibility index (Phi) is 17.9. The molecule has 6 N–H and O–H groups in total. The van der Waals surface area contributed by atoms with Crippen LogP contribution in [-0.4, -0.2) is 33.8 Å². The molecule has 1 unspecified atom stereocenters. The number of unbranched alkanes of at least 4 members (excludes halogenated alkanes) is 7. The van der Waals surface area contributed by atoms with Crippen molar-refractivity contribution in [1.29, 1.82) is 0 Å². The van der Waals surface area contributed by atoms with Gasteiger partial charge in [0.25, 0.3) is 11.8 Å². The number of amides is 4. The Hall–Kier alpha value is -4.08. The molecule has 0 saturated carbocycles. The molecule has 0 saturated heterocycles. The van der Waals surface area contributed by atoms with E-state index in [9.17, 15) is 29.4 Å². The summed E-state index contributed by atoms with van der Waals surface area (Å²) in [5.74, 6) is -2.33. The van der Waals surface area contributed by atoms with Gasteiger partial charge in [0.05, 0.1) is 11.1 Å². The van der Waals surface area contributed by atoms with Crippen molar-refractivity contribution in [3.63, 3.8) is 0 Å². The van der Waals surface area contributed by atoms with Gasteiger partial charge in [-0.15, -0.1) is 0 Å². The van der Waals surface area contributed by atoms with Gasteiger partial charge in [0.2, 0.25) is 11.8 Å². The first-order valence-electron chi connectivity index (χ1n) is 17.0. The summed E-state index contributed by atoms with van der Waals surface area (Å²) >= 11 is 0. The van der Waals surface area contributed by atoms with Crippen molar-refractivity contribution < 1.29 is 29.4 Å². The zero-order valence-corrected chi connectivity index (χ0v) is 27.9. The first-order chi connectivity index (χ1) is 22.2. The standard InChI is InChI=1S/C36H54N4O6/c1-4-7-11-15-26-20-22-31(41)29(24-26)35(45)39-37-33(43)19-14-10-13-18-28(17-9-6-3)34(44)38-40-36(46)30-25-27(16-12-8-5-2)21-23-32(30)42/h20-25,28,41-42H,4-19H2,1-3H3,(H,37,43)(H,38,44)(H,39,45)(H,40,46). The Balaban J connectivity index is 1.76. The fourth-order valence-corrected chi connectivity index (χ4v) is 5.25. The molecule has 0 aliphatic rings. The zero-order valence-electron chi connectivity index (χ0n) is 27.9. The number of hydrazine groups is 2. The van der Waals surface area contributed by atoms with Crippen molar-refractivity contribution in [3.05, 3.63) is 58.7 Å². The molecular weight excluding hydrogens is 584 g/mol. The lowest BCUT2D eigenvalue weighted by Gasteiger charge is -2.17. The molecule has 0 heterocycles. The Morgan fingerprint density at radius 3 is 1.61 bits per heavy atom. The molecule has 0 fully saturated rings. The molecule has 1 atom stereocenters. The number of phenolic OH excluding ortho intramolecular Hbond substituents is 2. The second-order valence-corrected chi connectivity index (χ2v) is 12.0. The van der Waals surface area contributed by atoms with E-state index < -0.39 is 11.8 Å². The first kappa shape index (κ1) is 38.1. The minimum atomic E-state index is -0.574. The third kappa shape index (κ3) is 13.9. The fraction of sp³-hybridized carbons (Fsp3) is 0.556. The predicted octanol–water partition coefficient (Wildman–Crippen LogP) is 6.54. The highest BCUT2D eigenvalue weighted by molar-refractivity contribution is 5.98. The molecule has 0 bridgehead atoms. The highest BCUT2D eigenvalue weighted by Crippen LogP contribution is 2.22. The number of benzene rings is 2. The van der Waals surface area contributed by atoms with Crippen LogP contribution in [0.15, 0.2) is 36.4 Å². The maximum atomic E-state index is 12.9. The molecule has 10 heteroatoms. The van der Waals surface area contributed by atoms with E-state index in [1.165, 1.54) is 12.1 Å². The van der Waals surface area contributed by atoms with Gasteiger partial charge in [0, 0.05) is 12.3 Å². The van der Waals surface area contributed by atoms with Gasteiger partial charge in [-0.05, 0) is 80.3 Å². The number of aryl methyl sites for hydroxylation is 2. The monoisotopic (exact) mass is 638 g/mol. The summed E-state index contributed by atoms with van der Waals surface area (Å²) in [6.45, 7) is 6.30. The van der Waals surface area contributed by atoms with E-state index in [0.717, 1.165) is 75.3 Å². The van der Waals surface area contributed by atoms with Crippen molar-refractivity contribution in [3.8, 4) is 11.5 Å². The Morgan fingerprint density at radius 2 is 1.09 bits per heavy atom. The number of carbonyl (C=O) groups is 4. The van der Waals surface area contributed by atoms with Crippen molar-refractivity contribution in [2.75, 3.05) is 0 Å². The number of aromatic hydroxyl groups is 2. The van der Waals surface area contributed by atoms with Gasteiger partial charge in [-0.2, -0.15) is 0 Å². The van der Waals surface area contributed by atoms with Crippen LogP contribution in [0.1, 0.15) is 143 Å². The number of hydrogen-bond donors (Lipinski definition) is 6. The summed E-state index contributed by atoms with van der Waals surface area (Å²) in [6.07, 6.45) is 13.3. The van der Waals surface area contributed by atoms with Crippen LogP contribution in [0.3, 0.4) is 0 Å². The molecule has 2 aromatic rings. The number of carbonyl (C=O) groups excluding carboxylic acids is 4. The van der Waals surface area contributed by atoms with Crippen molar-refractivity contribution in [1.82, 2.24) is 21.7 Å². The third-order valence-electron chi connectivity index (χ3n) is 8.10. The van der Waals surface area contributed by atoms with E-state index in [1.807, 2.05) is 6.07 Å². The maximum Gasteiger partial charge on any atom is 0.273 e. The van der Waals surface area contributed by atoms with E-state index in [1.54, 1.807) is 18.2 Å². The summed E-state index contributed by atoms with van der Waals surface area (Å²) < 4.78 is 0. The predicted molar refractivity (Wildman–Crippen MR) is 180 cm³/mol. The average molecular weight is 639 g/mol. The van der Waals surface area contributed by atoms with Crippen molar-refractivity contribution in [2.45, 2.75) is 124 Å². The second kappa shape index (κ2) is 21.6. The topological polar surface area (TPSA) is 157 Å². The summed E-state index contributed by atoms with van der Waals surface area (Å²) in [6, 6.07) is 9.93. The lowest BCUT2D eigenvalue weighted by atomic mass is 9.94. The Morgan fingerprint density at radius 1 is 0.587 bits per heavy atom. The average Bonchev–Trinajstić information content (AvgIpc) is 3.05. The molecule has 2 aromatic carbocycles. The molecule has 254 valence electrons. The SMILES string of the molecule is CCCCCc1ccc(O)c(C(=O)NNC(=O)CCCCCC(CCCC)C(=O)NNC(=O)c2cc(CCCCC)ccc2O)c1. The lowest BCUT2D eigenvalue weighted by Crippen LogP contribution is -2.44. The summed E-state index contributed by atoms with van der Waals surface area (Å²) in [4.78, 5) is 50.6. The molecule has 0 aliphatic carbocycles. The molecule has 0 aromatic heterocycles. The highest BCUT2D eigenvalue weighted by atomic mass is 16.3. The van der Waals surface area contributed by atoms with Crippen LogP contribution in [0, 0.1) is 5.92 Å². The van der Waals surface area contributed by atoms with Gasteiger partial charge >= 0.3 is 0 Å². The lowest BCUT2D eigenvalue weighted by molar-refractivity contribution is -0.126. The number of nitrogens with one attached hydrogen (secondary N) is 4. The molecule has 10 nitrogen and oxygen atoms in total. The van der Waals surface area contributed by atoms with Gasteiger partial charge < -0.3 is 10.2 Å². The Bertz CT molecular complexity index is 1270. The summed E-state index contributed by atoms with van der Waals surface area (Å²) in [5.41, 5.74) is 12.0. The highest BCUT2D eigenvalue weighted by Gasteiger charge is 2.20. The van der Waals surface area contributed by atoms with Crippen LogP contribution >= 0.6 is 0 Å². The van der Waals surface area contributed by atoms with Gasteiger partial charge in [0.1, 0.15) is 11.5 Å². The Labute approximate surface area is 274 Å². The van der Waals surface area contributed by atoms with E-state index in [-0.39, 0.29) is 46.8 Å². The van der Waals surface area contributed by atoms with Crippen molar-refractivity contribution >= 4 is 23.6 Å². The van der Waals surface area contributed by atoms with Crippen LogP contribution < -0.4 is 21.7 Å². The third-order valence-corrected chi connectivity index (χ3v) is 8.10. The first-order valence-corrected chi connectivity index (χ1v) is 17.0. The van der Waals surface area contributed by atoms with Crippen LogP contribution in [0.2, 0.25) is 0 Å². The molecule has 2 rings (SSSR count). The van der Waals surface area contributed by atoms with E-state index in [0.29, 0.717) is 32.1 Å². The minimum Gasteiger partial charge on any atom is -0.507 e. The van der Waals surface area contributed by atoms with Gasteiger partial charge in [-0.25, -0.2) is 0 Å².